The summed E-state index contributed by atoms with van der Waals surface area (Å²) >= 11 is 0. The van der Waals surface area contributed by atoms with Crippen molar-refractivity contribution in [3.8, 4) is 0 Å². The van der Waals surface area contributed by atoms with Crippen molar-refractivity contribution < 1.29 is 4.79 Å². The van der Waals surface area contributed by atoms with Crippen LogP contribution < -0.4 is 4.90 Å². The summed E-state index contributed by atoms with van der Waals surface area (Å²) in [7, 11) is 0. The van der Waals surface area contributed by atoms with E-state index in [1.165, 1.54) is 0 Å². The fourth-order valence-corrected chi connectivity index (χ4v) is 1.68. The molecule has 1 aliphatic heterocycles. The lowest BCUT2D eigenvalue weighted by atomic mass is 10.1. The van der Waals surface area contributed by atoms with Crippen LogP contribution in [0.25, 0.3) is 0 Å². The van der Waals surface area contributed by atoms with Crippen LogP contribution in [0.4, 0.5) is 5.82 Å². The largest absolute Gasteiger partial charge is 0.297 e. The summed E-state index contributed by atoms with van der Waals surface area (Å²) in [6.07, 6.45) is 4.23. The predicted octanol–water partition coefficient (Wildman–Crippen LogP) is 1.10. The van der Waals surface area contributed by atoms with Crippen molar-refractivity contribution in [1.29, 1.82) is 0 Å². The number of H-pyrrole nitrogens is 1. The van der Waals surface area contributed by atoms with E-state index in [9.17, 15) is 4.79 Å². The number of hydrogen-bond acceptors (Lipinski definition) is 2. The molecule has 4 nitrogen and oxygen atoms in total. The topological polar surface area (TPSA) is 49.0 Å². The maximum Gasteiger partial charge on any atom is 0.228 e. The van der Waals surface area contributed by atoms with Gasteiger partial charge in [-0.3, -0.25) is 14.8 Å². The summed E-state index contributed by atoms with van der Waals surface area (Å²) in [6.45, 7) is 2.85. The first-order valence-corrected chi connectivity index (χ1v) is 4.65. The second-order valence-corrected chi connectivity index (χ2v) is 3.29. The molecule has 0 radical (unpaired) electrons. The first-order chi connectivity index (χ1) is 6.33. The van der Waals surface area contributed by atoms with Crippen molar-refractivity contribution in [3.05, 3.63) is 11.8 Å². The molecule has 0 aliphatic carbocycles. The molecule has 0 saturated heterocycles. The van der Waals surface area contributed by atoms with Gasteiger partial charge in [-0.1, -0.05) is 6.92 Å². The van der Waals surface area contributed by atoms with Crippen LogP contribution in [-0.2, 0) is 11.2 Å². The number of amides is 1. The molecule has 70 valence electrons. The number of aromatic amines is 1. The van der Waals surface area contributed by atoms with Crippen LogP contribution in [0.15, 0.2) is 6.20 Å². The van der Waals surface area contributed by atoms with Crippen molar-refractivity contribution in [2.75, 3.05) is 11.4 Å². The van der Waals surface area contributed by atoms with Gasteiger partial charge in [0.05, 0.1) is 6.20 Å². The molecule has 4 heteroatoms. The van der Waals surface area contributed by atoms with Crippen molar-refractivity contribution in [2.45, 2.75) is 26.2 Å². The highest BCUT2D eigenvalue weighted by atomic mass is 16.2. The second-order valence-electron chi connectivity index (χ2n) is 3.29. The Hall–Kier alpha value is -1.32. The third-order valence-corrected chi connectivity index (χ3v) is 2.32. The molecule has 1 aliphatic rings. The molecule has 2 rings (SSSR count). The number of fused-ring (bicyclic) bond motifs is 1. The average molecular weight is 179 g/mol. The third kappa shape index (κ3) is 1.32. The van der Waals surface area contributed by atoms with Crippen LogP contribution in [0.2, 0.25) is 0 Å². The number of carbonyl (C=O) groups excluding carboxylic acids is 1. The van der Waals surface area contributed by atoms with Gasteiger partial charge in [0, 0.05) is 18.5 Å². The first kappa shape index (κ1) is 8.29. The van der Waals surface area contributed by atoms with E-state index >= 15 is 0 Å². The normalized spacial score (nSPS) is 16.1. The number of anilines is 1. The Morgan fingerprint density at radius 3 is 3.23 bits per heavy atom. The summed E-state index contributed by atoms with van der Waals surface area (Å²) in [5, 5.41) is 6.83. The molecule has 2 heterocycles. The second kappa shape index (κ2) is 3.20. The number of aromatic nitrogens is 2. The summed E-state index contributed by atoms with van der Waals surface area (Å²) in [5.41, 5.74) is 1.16. The van der Waals surface area contributed by atoms with Gasteiger partial charge in [0.15, 0.2) is 0 Å². The Balaban J connectivity index is 2.30. The van der Waals surface area contributed by atoms with E-state index in [0.29, 0.717) is 6.42 Å². The van der Waals surface area contributed by atoms with Gasteiger partial charge in [-0.2, -0.15) is 5.10 Å². The van der Waals surface area contributed by atoms with Gasteiger partial charge in [-0.05, 0) is 12.8 Å². The molecule has 0 saturated carbocycles. The first-order valence-electron chi connectivity index (χ1n) is 4.65. The third-order valence-electron chi connectivity index (χ3n) is 2.32. The Bertz CT molecular complexity index is 318. The molecule has 0 atom stereocenters. The van der Waals surface area contributed by atoms with Gasteiger partial charge in [0.2, 0.25) is 5.91 Å². The molecule has 0 aromatic carbocycles. The van der Waals surface area contributed by atoms with Gasteiger partial charge in [-0.15, -0.1) is 0 Å². The molecule has 0 fully saturated rings. The van der Waals surface area contributed by atoms with Gasteiger partial charge in [0.25, 0.3) is 0 Å². The van der Waals surface area contributed by atoms with Crippen molar-refractivity contribution >= 4 is 11.7 Å². The molecule has 1 aromatic rings. The smallest absolute Gasteiger partial charge is 0.228 e. The molecule has 1 N–H and O–H groups in total. The Labute approximate surface area is 76.9 Å². The van der Waals surface area contributed by atoms with E-state index in [2.05, 4.69) is 17.1 Å². The molecule has 0 unspecified atom stereocenters. The number of hydrogen-bond donors (Lipinski definition) is 1. The van der Waals surface area contributed by atoms with Crippen LogP contribution in [-0.4, -0.2) is 22.6 Å². The average Bonchev–Trinajstić information content (AvgIpc) is 2.58. The van der Waals surface area contributed by atoms with E-state index in [4.69, 9.17) is 0 Å². The predicted molar refractivity (Wildman–Crippen MR) is 49.6 cm³/mol. The van der Waals surface area contributed by atoms with Crippen LogP contribution in [0.5, 0.6) is 0 Å². The molecule has 1 amide bonds. The fraction of sp³-hybridized carbons (Fsp3) is 0.556. The standard InChI is InChI=1S/C9H13N3O/c1-2-5-12-8(13)4-3-7-6-10-11-9(7)12/h6H,2-5H2,1H3,(H,10,11). The van der Waals surface area contributed by atoms with E-state index < -0.39 is 0 Å². The molecule has 13 heavy (non-hydrogen) atoms. The summed E-state index contributed by atoms with van der Waals surface area (Å²) < 4.78 is 0. The monoisotopic (exact) mass is 179 g/mol. The lowest BCUT2D eigenvalue weighted by Gasteiger charge is -2.25. The SMILES string of the molecule is CCCN1C(=O)CCc2cn[nH]c21. The molecular weight excluding hydrogens is 166 g/mol. The minimum Gasteiger partial charge on any atom is -0.297 e. The lowest BCUT2D eigenvalue weighted by molar-refractivity contribution is -0.118. The van der Waals surface area contributed by atoms with Gasteiger partial charge in [0.1, 0.15) is 5.82 Å². The summed E-state index contributed by atoms with van der Waals surface area (Å²) in [5.74, 6) is 1.11. The molecule has 1 aromatic heterocycles. The number of carbonyl (C=O) groups is 1. The number of aryl methyl sites for hydroxylation is 1. The molecular formula is C9H13N3O. The summed E-state index contributed by atoms with van der Waals surface area (Å²) in [6, 6.07) is 0. The minimum atomic E-state index is 0.207. The van der Waals surface area contributed by atoms with Gasteiger partial charge >= 0.3 is 0 Å². The van der Waals surface area contributed by atoms with Crippen LogP contribution in [0.1, 0.15) is 25.3 Å². The fourth-order valence-electron chi connectivity index (χ4n) is 1.68. The number of rotatable bonds is 2. The van der Waals surface area contributed by atoms with Crippen LogP contribution in [0, 0.1) is 0 Å². The Morgan fingerprint density at radius 1 is 1.62 bits per heavy atom. The van der Waals surface area contributed by atoms with E-state index in [0.717, 1.165) is 30.8 Å². The maximum absolute atomic E-state index is 11.5. The quantitative estimate of drug-likeness (QED) is 0.739. The van der Waals surface area contributed by atoms with Gasteiger partial charge in [-0.25, -0.2) is 0 Å². The minimum absolute atomic E-state index is 0.207. The van der Waals surface area contributed by atoms with E-state index in [1.54, 1.807) is 4.90 Å². The zero-order chi connectivity index (χ0) is 9.26. The van der Waals surface area contributed by atoms with Gasteiger partial charge < -0.3 is 0 Å². The van der Waals surface area contributed by atoms with Crippen molar-refractivity contribution in [1.82, 2.24) is 10.2 Å². The van der Waals surface area contributed by atoms with Crippen molar-refractivity contribution in [3.63, 3.8) is 0 Å². The van der Waals surface area contributed by atoms with E-state index in [1.807, 2.05) is 6.20 Å². The highest BCUT2D eigenvalue weighted by Gasteiger charge is 2.24. The highest BCUT2D eigenvalue weighted by molar-refractivity contribution is 5.95. The molecule has 0 bridgehead atoms. The van der Waals surface area contributed by atoms with Crippen LogP contribution >= 0.6 is 0 Å². The Kier molecular flexibility index (Phi) is 2.04. The summed E-state index contributed by atoms with van der Waals surface area (Å²) in [4.78, 5) is 13.3. The number of nitrogens with zero attached hydrogens (tertiary/aromatic N) is 2. The zero-order valence-electron chi connectivity index (χ0n) is 7.71. The van der Waals surface area contributed by atoms with Crippen molar-refractivity contribution in [2.24, 2.45) is 0 Å². The molecule has 0 spiro atoms. The zero-order valence-corrected chi connectivity index (χ0v) is 7.71. The van der Waals surface area contributed by atoms with E-state index in [-0.39, 0.29) is 5.91 Å². The van der Waals surface area contributed by atoms with Crippen LogP contribution in [0.3, 0.4) is 0 Å². The lowest BCUT2D eigenvalue weighted by Crippen LogP contribution is -2.35. The number of nitrogens with one attached hydrogen (secondary N) is 1. The Morgan fingerprint density at radius 2 is 2.46 bits per heavy atom. The maximum atomic E-state index is 11.5. The highest BCUT2D eigenvalue weighted by Crippen LogP contribution is 2.24.